The van der Waals surface area contributed by atoms with Gasteiger partial charge >= 0.3 is 6.09 Å². The number of carbonyl (C=O) groups is 1. The van der Waals surface area contributed by atoms with Gasteiger partial charge in [0.2, 0.25) is 0 Å². The molecule has 1 aromatic carbocycles. The minimum Gasteiger partial charge on any atom is -0.488 e. The Morgan fingerprint density at radius 2 is 2.00 bits per heavy atom. The Bertz CT molecular complexity index is 782. The molecule has 5 nitrogen and oxygen atoms in total. The monoisotopic (exact) mass is 342 g/mol. The number of hydrogen-bond donors (Lipinski definition) is 0. The molecule has 2 aromatic rings. The van der Waals surface area contributed by atoms with E-state index in [2.05, 4.69) is 4.98 Å². The number of aryl methyl sites for hydroxylation is 1. The van der Waals surface area contributed by atoms with Crippen molar-refractivity contribution in [3.8, 4) is 5.75 Å². The molecular formula is C20H26N2O3. The lowest BCUT2D eigenvalue weighted by Crippen LogP contribution is -2.39. The fraction of sp³-hybridized carbons (Fsp3) is 0.500. The van der Waals surface area contributed by atoms with E-state index in [-0.39, 0.29) is 18.2 Å². The second-order valence-corrected chi connectivity index (χ2v) is 7.74. The smallest absolute Gasteiger partial charge is 0.410 e. The summed E-state index contributed by atoms with van der Waals surface area (Å²) in [5.74, 6) is 0.825. The Labute approximate surface area is 148 Å². The minimum absolute atomic E-state index is 0.0484. The summed E-state index contributed by atoms with van der Waals surface area (Å²) < 4.78 is 11.8. The van der Waals surface area contributed by atoms with Gasteiger partial charge in [0, 0.05) is 29.6 Å². The molecule has 25 heavy (non-hydrogen) atoms. The number of carbonyl (C=O) groups excluding carboxylic acids is 1. The predicted octanol–water partition coefficient (Wildman–Crippen LogP) is 4.32. The molecule has 0 aliphatic carbocycles. The maximum atomic E-state index is 12.4. The number of rotatable bonds is 2. The van der Waals surface area contributed by atoms with E-state index in [1.165, 1.54) is 0 Å². The molecule has 1 saturated heterocycles. The van der Waals surface area contributed by atoms with Crippen LogP contribution in [0.1, 0.15) is 39.8 Å². The first-order valence-electron chi connectivity index (χ1n) is 8.75. The van der Waals surface area contributed by atoms with Crippen LogP contribution in [0, 0.1) is 6.92 Å². The van der Waals surface area contributed by atoms with Gasteiger partial charge in [-0.3, -0.25) is 4.98 Å². The lowest BCUT2D eigenvalue weighted by Gasteiger charge is -2.26. The molecule has 0 unspecified atom stereocenters. The number of ether oxygens (including phenoxy) is 2. The van der Waals surface area contributed by atoms with Crippen LogP contribution in [0.2, 0.25) is 0 Å². The quantitative estimate of drug-likeness (QED) is 0.815. The van der Waals surface area contributed by atoms with Gasteiger partial charge in [-0.15, -0.1) is 0 Å². The molecule has 134 valence electrons. The minimum atomic E-state index is -0.492. The maximum Gasteiger partial charge on any atom is 0.410 e. The fourth-order valence-corrected chi connectivity index (χ4v) is 3.19. The number of benzene rings is 1. The lowest BCUT2D eigenvalue weighted by atomic mass is 10.1. The van der Waals surface area contributed by atoms with Crippen LogP contribution in [-0.4, -0.2) is 40.3 Å². The SMILES string of the molecule is Cc1cc(O[C@@H]2C[C@H](C)N(C(=O)OC(C)(C)C)C2)c2ccccc2n1. The van der Waals surface area contributed by atoms with Gasteiger partial charge in [-0.1, -0.05) is 12.1 Å². The van der Waals surface area contributed by atoms with Gasteiger partial charge in [-0.25, -0.2) is 4.79 Å². The van der Waals surface area contributed by atoms with Gasteiger partial charge < -0.3 is 14.4 Å². The van der Waals surface area contributed by atoms with Crippen molar-refractivity contribution in [2.75, 3.05) is 6.54 Å². The van der Waals surface area contributed by atoms with E-state index in [1.54, 1.807) is 4.90 Å². The van der Waals surface area contributed by atoms with Crippen LogP contribution in [0.4, 0.5) is 4.79 Å². The van der Waals surface area contributed by atoms with E-state index in [1.807, 2.05) is 65.0 Å². The third-order valence-electron chi connectivity index (χ3n) is 4.26. The molecule has 0 bridgehead atoms. The number of fused-ring (bicyclic) bond motifs is 1. The zero-order chi connectivity index (χ0) is 18.2. The van der Waals surface area contributed by atoms with Gasteiger partial charge in [-0.2, -0.15) is 0 Å². The van der Waals surface area contributed by atoms with Crippen molar-refractivity contribution in [3.05, 3.63) is 36.0 Å². The van der Waals surface area contributed by atoms with Crippen LogP contribution < -0.4 is 4.74 Å². The molecule has 1 aliphatic rings. The lowest BCUT2D eigenvalue weighted by molar-refractivity contribution is 0.0224. The second-order valence-electron chi connectivity index (χ2n) is 7.74. The van der Waals surface area contributed by atoms with E-state index in [9.17, 15) is 4.79 Å². The molecule has 0 N–H and O–H groups in total. The summed E-state index contributed by atoms with van der Waals surface area (Å²) in [6, 6.07) is 10.0. The number of hydrogen-bond acceptors (Lipinski definition) is 4. The highest BCUT2D eigenvalue weighted by Crippen LogP contribution is 2.30. The number of aromatic nitrogens is 1. The van der Waals surface area contributed by atoms with Crippen molar-refractivity contribution < 1.29 is 14.3 Å². The Balaban J connectivity index is 1.76. The summed E-state index contributed by atoms with van der Waals surface area (Å²) in [6.45, 7) is 10.2. The van der Waals surface area contributed by atoms with Crippen LogP contribution in [0.5, 0.6) is 5.75 Å². The Morgan fingerprint density at radius 1 is 1.28 bits per heavy atom. The van der Waals surface area contributed by atoms with Crippen LogP contribution in [0.3, 0.4) is 0 Å². The molecule has 2 heterocycles. The van der Waals surface area contributed by atoms with E-state index in [0.717, 1.165) is 28.8 Å². The van der Waals surface area contributed by atoms with E-state index in [0.29, 0.717) is 6.54 Å². The van der Waals surface area contributed by atoms with Crippen molar-refractivity contribution in [2.24, 2.45) is 0 Å². The van der Waals surface area contributed by atoms with Crippen LogP contribution in [0.15, 0.2) is 30.3 Å². The number of amides is 1. The normalized spacial score (nSPS) is 20.8. The largest absolute Gasteiger partial charge is 0.488 e. The predicted molar refractivity (Wildman–Crippen MR) is 97.9 cm³/mol. The highest BCUT2D eigenvalue weighted by atomic mass is 16.6. The summed E-state index contributed by atoms with van der Waals surface area (Å²) in [5, 5.41) is 0.997. The average molecular weight is 342 g/mol. The molecule has 1 aromatic heterocycles. The zero-order valence-corrected chi connectivity index (χ0v) is 15.6. The van der Waals surface area contributed by atoms with E-state index < -0.39 is 5.60 Å². The summed E-state index contributed by atoms with van der Waals surface area (Å²) in [6.07, 6.45) is 0.462. The van der Waals surface area contributed by atoms with Gasteiger partial charge in [0.1, 0.15) is 17.5 Å². The summed E-state index contributed by atoms with van der Waals surface area (Å²) in [4.78, 5) is 18.7. The first-order valence-corrected chi connectivity index (χ1v) is 8.75. The molecular weight excluding hydrogens is 316 g/mol. The molecule has 0 saturated carbocycles. The highest BCUT2D eigenvalue weighted by molar-refractivity contribution is 5.85. The molecule has 1 amide bonds. The highest BCUT2D eigenvalue weighted by Gasteiger charge is 2.36. The number of likely N-dealkylation sites (tertiary alicyclic amines) is 1. The van der Waals surface area contributed by atoms with Crippen molar-refractivity contribution in [3.63, 3.8) is 0 Å². The van der Waals surface area contributed by atoms with Gasteiger partial charge in [-0.05, 0) is 46.8 Å². The first-order chi connectivity index (χ1) is 11.7. The zero-order valence-electron chi connectivity index (χ0n) is 15.6. The Hall–Kier alpha value is -2.30. The first kappa shape index (κ1) is 17.5. The molecule has 0 radical (unpaired) electrons. The summed E-state index contributed by atoms with van der Waals surface area (Å²) >= 11 is 0. The standard InChI is InChI=1S/C20H26N2O3/c1-13-10-18(16-8-6-7-9-17(16)21-13)24-15-11-14(2)22(12-15)19(23)25-20(3,4)5/h6-10,14-15H,11-12H2,1-5H3/t14-,15+/m0/s1. The Kier molecular flexibility index (Phi) is 4.58. The number of pyridine rings is 1. The topological polar surface area (TPSA) is 51.7 Å². The third kappa shape index (κ3) is 4.03. The summed E-state index contributed by atoms with van der Waals surface area (Å²) in [5.41, 5.74) is 1.35. The van der Waals surface area contributed by atoms with Crippen LogP contribution in [0.25, 0.3) is 10.9 Å². The number of nitrogens with zero attached hydrogens (tertiary/aromatic N) is 2. The molecule has 3 rings (SSSR count). The average Bonchev–Trinajstić information content (AvgIpc) is 2.86. The van der Waals surface area contributed by atoms with Crippen molar-refractivity contribution in [2.45, 2.75) is 58.8 Å². The summed E-state index contributed by atoms with van der Waals surface area (Å²) in [7, 11) is 0. The van der Waals surface area contributed by atoms with Crippen LogP contribution >= 0.6 is 0 Å². The van der Waals surface area contributed by atoms with Crippen LogP contribution in [-0.2, 0) is 4.74 Å². The second kappa shape index (κ2) is 6.54. The molecule has 5 heteroatoms. The molecule has 2 atom stereocenters. The van der Waals surface area contributed by atoms with Crippen molar-refractivity contribution in [1.29, 1.82) is 0 Å². The van der Waals surface area contributed by atoms with Crippen molar-refractivity contribution in [1.82, 2.24) is 9.88 Å². The molecule has 0 spiro atoms. The molecule has 1 fully saturated rings. The molecule has 1 aliphatic heterocycles. The van der Waals surface area contributed by atoms with E-state index in [4.69, 9.17) is 9.47 Å². The van der Waals surface area contributed by atoms with Gasteiger partial charge in [0.15, 0.2) is 0 Å². The van der Waals surface area contributed by atoms with Gasteiger partial charge in [0.25, 0.3) is 0 Å². The van der Waals surface area contributed by atoms with Gasteiger partial charge in [0.05, 0.1) is 12.1 Å². The van der Waals surface area contributed by atoms with E-state index >= 15 is 0 Å². The maximum absolute atomic E-state index is 12.4. The third-order valence-corrected chi connectivity index (χ3v) is 4.26. The Morgan fingerprint density at radius 3 is 2.72 bits per heavy atom. The number of para-hydroxylation sites is 1. The fourth-order valence-electron chi connectivity index (χ4n) is 3.19. The van der Waals surface area contributed by atoms with Crippen molar-refractivity contribution >= 4 is 17.0 Å².